The molecule has 30 heavy (non-hydrogen) atoms. The molecule has 0 spiro atoms. The van der Waals surface area contributed by atoms with Crippen LogP contribution in [0.5, 0.6) is 0 Å². The molecular weight excluding hydrogens is 406 g/mol. The smallest absolute Gasteiger partial charge is 0.311 e. The number of hydrogen-bond acceptors (Lipinski definition) is 6. The van der Waals surface area contributed by atoms with Gasteiger partial charge in [0.25, 0.3) is 0 Å². The molecule has 1 amide bonds. The number of fused-ring (bicyclic) bond motifs is 1. The molecule has 2 heterocycles. The van der Waals surface area contributed by atoms with Crippen LogP contribution in [0.3, 0.4) is 0 Å². The van der Waals surface area contributed by atoms with E-state index in [2.05, 4.69) is 0 Å². The minimum atomic E-state index is -3.73. The van der Waals surface area contributed by atoms with Gasteiger partial charge in [-0.25, -0.2) is 8.42 Å². The Hall–Kier alpha value is -2.94. The zero-order chi connectivity index (χ0) is 21.5. The molecule has 1 fully saturated rings. The summed E-state index contributed by atoms with van der Waals surface area (Å²) in [7, 11) is -3.73. The van der Waals surface area contributed by atoms with Crippen molar-refractivity contribution in [2.75, 3.05) is 35.7 Å². The normalized spacial score (nSPS) is 17.1. The average Bonchev–Trinajstić information content (AvgIpc) is 3.16. The van der Waals surface area contributed by atoms with E-state index in [1.807, 2.05) is 34.1 Å². The molecule has 0 unspecified atom stereocenters. The van der Waals surface area contributed by atoms with Crippen LogP contribution < -0.4 is 9.80 Å². The lowest BCUT2D eigenvalue weighted by Crippen LogP contribution is -2.42. The monoisotopic (exact) mass is 429 g/mol. The van der Waals surface area contributed by atoms with Crippen LogP contribution in [0.15, 0.2) is 47.4 Å². The Morgan fingerprint density at radius 1 is 1.03 bits per heavy atom. The van der Waals surface area contributed by atoms with E-state index in [1.54, 1.807) is 6.07 Å². The summed E-state index contributed by atoms with van der Waals surface area (Å²) in [6.07, 6.45) is 2.96. The Labute approximate surface area is 175 Å². The number of carbonyl (C=O) groups is 1. The fraction of sp³-hybridized carbons (Fsp3) is 0.381. The van der Waals surface area contributed by atoms with Gasteiger partial charge < -0.3 is 9.80 Å². The minimum Gasteiger partial charge on any atom is -0.366 e. The third kappa shape index (κ3) is 3.65. The average molecular weight is 429 g/mol. The molecule has 0 aliphatic carbocycles. The number of rotatable bonds is 4. The van der Waals surface area contributed by atoms with Crippen LogP contribution in [0.1, 0.15) is 18.4 Å². The number of nitro groups is 1. The van der Waals surface area contributed by atoms with Crippen LogP contribution in [0.2, 0.25) is 0 Å². The lowest BCUT2D eigenvalue weighted by Gasteiger charge is -2.34. The van der Waals surface area contributed by atoms with Gasteiger partial charge in [-0.2, -0.15) is 0 Å². The first-order valence-electron chi connectivity index (χ1n) is 9.89. The molecule has 2 aromatic carbocycles. The molecule has 0 bridgehead atoms. The topological polar surface area (TPSA) is 101 Å². The van der Waals surface area contributed by atoms with Crippen molar-refractivity contribution < 1.29 is 18.1 Å². The molecule has 2 aromatic rings. The summed E-state index contributed by atoms with van der Waals surface area (Å²) in [5, 5.41) is 11.6. The SMILES string of the molecule is CS(=O)(=O)c1cccc(N2CCC(C(=O)N3CCc4ccccc43)CC2)c1[N+](=O)[O-]. The van der Waals surface area contributed by atoms with Gasteiger partial charge in [-0.15, -0.1) is 0 Å². The number of hydrogen-bond donors (Lipinski definition) is 0. The number of nitrogens with zero attached hydrogens (tertiary/aromatic N) is 3. The van der Waals surface area contributed by atoms with Crippen molar-refractivity contribution in [3.8, 4) is 0 Å². The van der Waals surface area contributed by atoms with Gasteiger partial charge in [0.2, 0.25) is 5.91 Å². The van der Waals surface area contributed by atoms with Gasteiger partial charge in [0.05, 0.1) is 4.92 Å². The maximum absolute atomic E-state index is 13.1. The number of nitro benzene ring substituents is 1. The summed E-state index contributed by atoms with van der Waals surface area (Å²) >= 11 is 0. The van der Waals surface area contributed by atoms with Crippen molar-refractivity contribution in [2.45, 2.75) is 24.2 Å². The van der Waals surface area contributed by atoms with Gasteiger partial charge in [-0.1, -0.05) is 24.3 Å². The third-order valence-electron chi connectivity index (χ3n) is 5.90. The number of para-hydroxylation sites is 2. The maximum atomic E-state index is 13.1. The van der Waals surface area contributed by atoms with Gasteiger partial charge in [0.15, 0.2) is 9.84 Å². The highest BCUT2D eigenvalue weighted by atomic mass is 32.2. The Kier molecular flexibility index (Phi) is 5.23. The molecule has 0 saturated carbocycles. The summed E-state index contributed by atoms with van der Waals surface area (Å²) in [4.78, 5) is 27.5. The largest absolute Gasteiger partial charge is 0.366 e. The number of sulfone groups is 1. The second-order valence-electron chi connectivity index (χ2n) is 7.78. The van der Waals surface area contributed by atoms with Crippen LogP contribution in [0, 0.1) is 16.0 Å². The summed E-state index contributed by atoms with van der Waals surface area (Å²) in [5.74, 6) is -0.0523. The molecule has 2 aliphatic heterocycles. The Morgan fingerprint density at radius 3 is 2.37 bits per heavy atom. The van der Waals surface area contributed by atoms with Gasteiger partial charge in [-0.3, -0.25) is 14.9 Å². The van der Waals surface area contributed by atoms with Gasteiger partial charge in [-0.05, 0) is 43.0 Å². The van der Waals surface area contributed by atoms with Crippen molar-refractivity contribution in [3.63, 3.8) is 0 Å². The van der Waals surface area contributed by atoms with E-state index in [1.165, 1.54) is 17.7 Å². The second kappa shape index (κ2) is 7.71. The molecule has 1 saturated heterocycles. The van der Waals surface area contributed by atoms with Crippen LogP contribution in [0.25, 0.3) is 0 Å². The summed E-state index contributed by atoms with van der Waals surface area (Å²) in [6.45, 7) is 1.60. The molecule has 0 aromatic heterocycles. The minimum absolute atomic E-state index is 0.0963. The van der Waals surface area contributed by atoms with E-state index >= 15 is 0 Å². The van der Waals surface area contributed by atoms with Crippen molar-refractivity contribution in [1.29, 1.82) is 0 Å². The first-order chi connectivity index (χ1) is 14.3. The molecule has 8 nitrogen and oxygen atoms in total. The second-order valence-corrected chi connectivity index (χ2v) is 9.77. The van der Waals surface area contributed by atoms with Crippen LogP contribution in [-0.4, -0.2) is 45.1 Å². The molecule has 4 rings (SSSR count). The van der Waals surface area contributed by atoms with Gasteiger partial charge in [0, 0.05) is 37.5 Å². The summed E-state index contributed by atoms with van der Waals surface area (Å²) < 4.78 is 24.0. The van der Waals surface area contributed by atoms with Crippen LogP contribution in [0.4, 0.5) is 17.1 Å². The summed E-state index contributed by atoms with van der Waals surface area (Å²) in [6, 6.07) is 12.3. The highest BCUT2D eigenvalue weighted by Gasteiger charge is 2.35. The van der Waals surface area contributed by atoms with Crippen molar-refractivity contribution in [1.82, 2.24) is 0 Å². The van der Waals surface area contributed by atoms with Crippen molar-refractivity contribution >= 4 is 32.8 Å². The Bertz CT molecular complexity index is 1110. The number of piperidine rings is 1. The first-order valence-corrected chi connectivity index (χ1v) is 11.8. The molecule has 9 heteroatoms. The molecule has 0 atom stereocenters. The lowest BCUT2D eigenvalue weighted by atomic mass is 9.94. The highest BCUT2D eigenvalue weighted by Crippen LogP contribution is 2.37. The highest BCUT2D eigenvalue weighted by molar-refractivity contribution is 7.90. The van der Waals surface area contributed by atoms with E-state index in [4.69, 9.17) is 0 Å². The lowest BCUT2D eigenvalue weighted by molar-refractivity contribution is -0.387. The zero-order valence-electron chi connectivity index (χ0n) is 16.7. The molecule has 2 aliphatic rings. The van der Waals surface area contributed by atoms with E-state index in [0.717, 1.165) is 18.4 Å². The van der Waals surface area contributed by atoms with E-state index < -0.39 is 20.4 Å². The number of amides is 1. The van der Waals surface area contributed by atoms with Crippen molar-refractivity contribution in [2.24, 2.45) is 5.92 Å². The third-order valence-corrected chi connectivity index (χ3v) is 7.03. The Morgan fingerprint density at radius 2 is 1.70 bits per heavy atom. The first kappa shape index (κ1) is 20.3. The quantitative estimate of drug-likeness (QED) is 0.547. The molecular formula is C21H23N3O5S. The maximum Gasteiger partial charge on any atom is 0.311 e. The zero-order valence-corrected chi connectivity index (χ0v) is 17.5. The fourth-order valence-electron chi connectivity index (χ4n) is 4.40. The number of carbonyl (C=O) groups excluding carboxylic acids is 1. The molecule has 0 radical (unpaired) electrons. The Balaban J connectivity index is 1.52. The standard InChI is InChI=1S/C21H23N3O5S/c1-30(28,29)19-8-4-7-18(20(19)24(26)27)22-12-9-16(10-13-22)21(25)23-14-11-15-5-2-3-6-17(15)23/h2-8,16H,9-14H2,1H3. The van der Waals surface area contributed by atoms with Crippen LogP contribution in [-0.2, 0) is 21.1 Å². The van der Waals surface area contributed by atoms with Gasteiger partial charge >= 0.3 is 5.69 Å². The van der Waals surface area contributed by atoms with Crippen LogP contribution >= 0.6 is 0 Å². The predicted octanol–water partition coefficient (Wildman–Crippen LogP) is 2.80. The van der Waals surface area contributed by atoms with E-state index in [-0.39, 0.29) is 16.7 Å². The van der Waals surface area contributed by atoms with E-state index in [9.17, 15) is 23.3 Å². The molecule has 0 N–H and O–H groups in total. The van der Waals surface area contributed by atoms with Gasteiger partial charge in [0.1, 0.15) is 10.6 Å². The van der Waals surface area contributed by atoms with E-state index in [0.29, 0.717) is 38.2 Å². The number of anilines is 2. The number of benzene rings is 2. The predicted molar refractivity (Wildman–Crippen MR) is 114 cm³/mol. The van der Waals surface area contributed by atoms with Crippen molar-refractivity contribution in [3.05, 3.63) is 58.1 Å². The summed E-state index contributed by atoms with van der Waals surface area (Å²) in [5.41, 5.74) is 2.05. The molecule has 158 valence electrons. The fourth-order valence-corrected chi connectivity index (χ4v) is 5.26.